The van der Waals surface area contributed by atoms with Gasteiger partial charge < -0.3 is 4.74 Å². The lowest BCUT2D eigenvalue weighted by Gasteiger charge is -1.90. The summed E-state index contributed by atoms with van der Waals surface area (Å²) in [5, 5.41) is 0. The van der Waals surface area contributed by atoms with Crippen molar-refractivity contribution in [3.05, 3.63) is 6.61 Å². The van der Waals surface area contributed by atoms with Crippen LogP contribution in [0.15, 0.2) is 0 Å². The van der Waals surface area contributed by atoms with E-state index in [1.807, 2.05) is 6.92 Å². The molecule has 1 radical (unpaired) electrons. The lowest BCUT2D eigenvalue weighted by molar-refractivity contribution is 0.210. The lowest BCUT2D eigenvalue weighted by atomic mass is 10.5. The number of hydrogen-bond donors (Lipinski definition) is 0. The maximum atomic E-state index is 4.86. The average Bonchev–Trinajstić information content (AvgIpc) is 1.61. The maximum absolute atomic E-state index is 4.86. The molecule has 0 spiro atoms. The molecule has 37 valence electrons. The summed E-state index contributed by atoms with van der Waals surface area (Å²) in [6, 6.07) is 0. The summed E-state index contributed by atoms with van der Waals surface area (Å²) in [5.74, 6) is 0. The van der Waals surface area contributed by atoms with Crippen LogP contribution in [-0.4, -0.2) is 6.61 Å². The molecule has 0 amide bonds. The summed E-state index contributed by atoms with van der Waals surface area (Å²) >= 11 is 0. The van der Waals surface area contributed by atoms with Gasteiger partial charge in [-0.2, -0.15) is 0 Å². The fourth-order valence-electron chi connectivity index (χ4n) is 0.236. The molecule has 0 aromatic carbocycles. The summed E-state index contributed by atoms with van der Waals surface area (Å²) in [6.45, 7) is 6.63. The Morgan fingerprint density at radius 2 is 2.17 bits per heavy atom. The maximum Gasteiger partial charge on any atom is 0.0833 e. The molecule has 0 bridgehead atoms. The normalized spacial score (nSPS) is 9.00. The number of rotatable bonds is 3. The molecule has 0 aliphatic rings. The Hall–Kier alpha value is -0.0400. The second-order valence-electron chi connectivity index (χ2n) is 1.03. The molecule has 0 heterocycles. The molecule has 0 aliphatic heterocycles. The Balaban J connectivity index is 2.34. The SMILES string of the molecule is CC[CH]OCC. The summed E-state index contributed by atoms with van der Waals surface area (Å²) in [4.78, 5) is 0. The molecular formula is C5H11O. The largest absolute Gasteiger partial charge is 0.376 e. The van der Waals surface area contributed by atoms with Gasteiger partial charge in [0, 0.05) is 6.61 Å². The van der Waals surface area contributed by atoms with Crippen molar-refractivity contribution in [2.75, 3.05) is 6.61 Å². The van der Waals surface area contributed by atoms with Gasteiger partial charge in [0.15, 0.2) is 0 Å². The van der Waals surface area contributed by atoms with E-state index < -0.39 is 0 Å². The first-order valence-electron chi connectivity index (χ1n) is 2.35. The highest BCUT2D eigenvalue weighted by Gasteiger charge is 1.74. The molecule has 0 saturated heterocycles. The van der Waals surface area contributed by atoms with Crippen LogP contribution in [0.1, 0.15) is 20.3 Å². The first kappa shape index (κ1) is 5.96. The van der Waals surface area contributed by atoms with E-state index in [0.29, 0.717) is 0 Å². The Kier molecular flexibility index (Phi) is 4.93. The van der Waals surface area contributed by atoms with E-state index in [1.165, 1.54) is 0 Å². The fourth-order valence-corrected chi connectivity index (χ4v) is 0.236. The predicted octanol–water partition coefficient (Wildman–Crippen LogP) is 1.59. The Morgan fingerprint density at radius 1 is 1.50 bits per heavy atom. The molecule has 0 saturated carbocycles. The molecule has 1 heteroatoms. The lowest BCUT2D eigenvalue weighted by Crippen LogP contribution is -1.81. The molecule has 0 fully saturated rings. The van der Waals surface area contributed by atoms with E-state index in [-0.39, 0.29) is 0 Å². The monoisotopic (exact) mass is 87.1 g/mol. The number of hydrogen-bond acceptors (Lipinski definition) is 1. The predicted molar refractivity (Wildman–Crippen MR) is 26.2 cm³/mol. The minimum absolute atomic E-state index is 0.799. The van der Waals surface area contributed by atoms with Crippen LogP contribution >= 0.6 is 0 Å². The third kappa shape index (κ3) is 3.96. The highest BCUT2D eigenvalue weighted by Crippen LogP contribution is 1.83. The van der Waals surface area contributed by atoms with Crippen LogP contribution in [0.25, 0.3) is 0 Å². The van der Waals surface area contributed by atoms with Crippen LogP contribution in [0.2, 0.25) is 0 Å². The zero-order valence-corrected chi connectivity index (χ0v) is 4.40. The van der Waals surface area contributed by atoms with Crippen molar-refractivity contribution in [2.45, 2.75) is 20.3 Å². The van der Waals surface area contributed by atoms with E-state index in [0.717, 1.165) is 13.0 Å². The van der Waals surface area contributed by atoms with Crippen molar-refractivity contribution >= 4 is 0 Å². The third-order valence-corrected chi connectivity index (χ3v) is 0.451. The molecule has 0 aliphatic carbocycles. The minimum Gasteiger partial charge on any atom is -0.376 e. The van der Waals surface area contributed by atoms with Crippen LogP contribution in [0, 0.1) is 6.61 Å². The summed E-state index contributed by atoms with van der Waals surface area (Å²) in [5.41, 5.74) is 0. The molecule has 1 nitrogen and oxygen atoms in total. The van der Waals surface area contributed by atoms with E-state index in [9.17, 15) is 0 Å². The third-order valence-electron chi connectivity index (χ3n) is 0.451. The van der Waals surface area contributed by atoms with Gasteiger partial charge in [0.2, 0.25) is 0 Å². The van der Waals surface area contributed by atoms with Crippen LogP contribution in [0.3, 0.4) is 0 Å². The quantitative estimate of drug-likeness (QED) is 0.475. The molecular weight excluding hydrogens is 76.1 g/mol. The topological polar surface area (TPSA) is 9.23 Å². The van der Waals surface area contributed by atoms with Crippen molar-refractivity contribution < 1.29 is 4.74 Å². The summed E-state index contributed by atoms with van der Waals surface area (Å²) in [7, 11) is 0. The van der Waals surface area contributed by atoms with Crippen LogP contribution in [0.4, 0.5) is 0 Å². The second kappa shape index (κ2) is 4.96. The summed E-state index contributed by atoms with van der Waals surface area (Å²) in [6.07, 6.45) is 1.01. The fraction of sp³-hybridized carbons (Fsp3) is 0.800. The van der Waals surface area contributed by atoms with Gasteiger partial charge in [0.1, 0.15) is 0 Å². The van der Waals surface area contributed by atoms with Gasteiger partial charge in [0.05, 0.1) is 6.61 Å². The molecule has 0 aromatic rings. The van der Waals surface area contributed by atoms with Gasteiger partial charge in [-0.25, -0.2) is 0 Å². The minimum atomic E-state index is 0.799. The van der Waals surface area contributed by atoms with Crippen molar-refractivity contribution in [1.82, 2.24) is 0 Å². The van der Waals surface area contributed by atoms with Crippen LogP contribution < -0.4 is 0 Å². The van der Waals surface area contributed by atoms with Gasteiger partial charge in [-0.1, -0.05) is 6.92 Å². The first-order valence-corrected chi connectivity index (χ1v) is 2.35. The highest BCUT2D eigenvalue weighted by molar-refractivity contribution is 4.40. The Morgan fingerprint density at radius 3 is 2.33 bits per heavy atom. The molecule has 0 N–H and O–H groups in total. The van der Waals surface area contributed by atoms with Crippen LogP contribution in [0.5, 0.6) is 0 Å². The molecule has 0 atom stereocenters. The van der Waals surface area contributed by atoms with Gasteiger partial charge in [0.25, 0.3) is 0 Å². The van der Waals surface area contributed by atoms with Crippen molar-refractivity contribution in [2.24, 2.45) is 0 Å². The van der Waals surface area contributed by atoms with E-state index in [4.69, 9.17) is 4.74 Å². The summed E-state index contributed by atoms with van der Waals surface area (Å²) < 4.78 is 4.86. The molecule has 0 unspecified atom stereocenters. The Bertz CT molecular complexity index is 15.9. The van der Waals surface area contributed by atoms with E-state index in [2.05, 4.69) is 6.92 Å². The smallest absolute Gasteiger partial charge is 0.0833 e. The zero-order valence-electron chi connectivity index (χ0n) is 4.40. The molecule has 0 aromatic heterocycles. The second-order valence-corrected chi connectivity index (χ2v) is 1.03. The number of ether oxygens (including phenoxy) is 1. The van der Waals surface area contributed by atoms with E-state index in [1.54, 1.807) is 6.61 Å². The van der Waals surface area contributed by atoms with Gasteiger partial charge >= 0.3 is 0 Å². The van der Waals surface area contributed by atoms with Gasteiger partial charge in [-0.05, 0) is 13.3 Å². The van der Waals surface area contributed by atoms with Gasteiger partial charge in [-0.15, -0.1) is 0 Å². The average molecular weight is 87.1 g/mol. The standard InChI is InChI=1S/C5H11O/c1-3-5-6-4-2/h5H,3-4H2,1-2H3. The highest BCUT2D eigenvalue weighted by atomic mass is 16.5. The van der Waals surface area contributed by atoms with Crippen LogP contribution in [-0.2, 0) is 4.74 Å². The molecule has 0 rings (SSSR count). The van der Waals surface area contributed by atoms with E-state index >= 15 is 0 Å². The van der Waals surface area contributed by atoms with Crippen molar-refractivity contribution in [3.8, 4) is 0 Å². The first-order chi connectivity index (χ1) is 2.91. The van der Waals surface area contributed by atoms with Crippen molar-refractivity contribution in [3.63, 3.8) is 0 Å². The Labute approximate surface area is 39.3 Å². The zero-order chi connectivity index (χ0) is 4.83. The van der Waals surface area contributed by atoms with Crippen molar-refractivity contribution in [1.29, 1.82) is 0 Å². The molecule has 6 heavy (non-hydrogen) atoms. The van der Waals surface area contributed by atoms with Gasteiger partial charge in [-0.3, -0.25) is 0 Å².